The summed E-state index contributed by atoms with van der Waals surface area (Å²) in [6, 6.07) is 11.1. The van der Waals surface area contributed by atoms with E-state index in [0.717, 1.165) is 38.2 Å². The summed E-state index contributed by atoms with van der Waals surface area (Å²) in [7, 11) is 0. The maximum absolute atomic E-state index is 12.4. The predicted molar refractivity (Wildman–Crippen MR) is 123 cm³/mol. The van der Waals surface area contributed by atoms with Gasteiger partial charge in [0.05, 0.1) is 10.6 Å². The van der Waals surface area contributed by atoms with Gasteiger partial charge in [-0.05, 0) is 74.4 Å². The number of fused-ring (bicyclic) bond motifs is 1. The minimum absolute atomic E-state index is 0.196. The number of hydrogen-bond donors (Lipinski definition) is 2. The molecule has 10 heteroatoms. The molecule has 2 N–H and O–H groups in total. The zero-order chi connectivity index (χ0) is 21.4. The van der Waals surface area contributed by atoms with Crippen LogP contribution in [0.1, 0.15) is 27.3 Å². The van der Waals surface area contributed by atoms with Crippen LogP contribution in [0.2, 0.25) is 5.02 Å². The first-order valence-electron chi connectivity index (χ1n) is 9.00. The predicted octanol–water partition coefficient (Wildman–Crippen LogP) is 4.56. The quantitative estimate of drug-likeness (QED) is 0.440. The summed E-state index contributed by atoms with van der Waals surface area (Å²) >= 11 is 12.9. The first kappa shape index (κ1) is 20.4. The number of amides is 1. The lowest BCUT2D eigenvalue weighted by Crippen LogP contribution is -2.34. The summed E-state index contributed by atoms with van der Waals surface area (Å²) < 4.78 is 1.72. The zero-order valence-corrected chi connectivity index (χ0v) is 18.7. The fourth-order valence-electron chi connectivity index (χ4n) is 2.90. The molecule has 0 aliphatic carbocycles. The number of aryl methyl sites for hydroxylation is 3. The molecule has 4 aromatic rings. The van der Waals surface area contributed by atoms with Gasteiger partial charge in [-0.1, -0.05) is 29.0 Å². The van der Waals surface area contributed by atoms with Crippen molar-refractivity contribution in [1.29, 1.82) is 0 Å². The zero-order valence-electron chi connectivity index (χ0n) is 16.4. The first-order chi connectivity index (χ1) is 14.3. The number of hydrogen-bond acceptors (Lipinski definition) is 6. The molecule has 152 valence electrons. The lowest BCUT2D eigenvalue weighted by molar-refractivity contribution is 0.0978. The fraction of sp³-hybridized carbons (Fsp3) is 0.150. The topological polar surface area (TPSA) is 84.2 Å². The molecule has 0 radical (unpaired) electrons. The van der Waals surface area contributed by atoms with Crippen molar-refractivity contribution in [2.24, 2.45) is 0 Å². The third-order valence-electron chi connectivity index (χ3n) is 4.46. The van der Waals surface area contributed by atoms with Crippen molar-refractivity contribution >= 4 is 56.8 Å². The Morgan fingerprint density at radius 1 is 1.13 bits per heavy atom. The molecule has 2 heterocycles. The second-order valence-electron chi connectivity index (χ2n) is 6.77. The Hall–Kier alpha value is -2.88. The van der Waals surface area contributed by atoms with Crippen LogP contribution < -0.4 is 10.6 Å². The molecule has 0 spiro atoms. The SMILES string of the molecule is Cc1ccc(C(=O)NC(=S)Nc2ccc(-c3nn4c(C)nnc4s3)cc2C)c(Cl)c1. The third kappa shape index (κ3) is 4.04. The molecular formula is C20H17ClN6OS2. The maximum Gasteiger partial charge on any atom is 0.258 e. The highest BCUT2D eigenvalue weighted by Crippen LogP contribution is 2.28. The lowest BCUT2D eigenvalue weighted by atomic mass is 10.1. The molecule has 0 bridgehead atoms. The smallest absolute Gasteiger partial charge is 0.258 e. The number of nitrogens with zero attached hydrogens (tertiary/aromatic N) is 4. The average molecular weight is 457 g/mol. The molecule has 0 fully saturated rings. The summed E-state index contributed by atoms with van der Waals surface area (Å²) in [5.41, 5.74) is 4.07. The van der Waals surface area contributed by atoms with E-state index in [2.05, 4.69) is 25.9 Å². The molecule has 30 heavy (non-hydrogen) atoms. The average Bonchev–Trinajstić information content (AvgIpc) is 3.25. The third-order valence-corrected chi connectivity index (χ3v) is 5.93. The fourth-order valence-corrected chi connectivity index (χ4v) is 4.30. The van der Waals surface area contributed by atoms with Crippen LogP contribution in [0.5, 0.6) is 0 Å². The summed E-state index contributed by atoms with van der Waals surface area (Å²) in [6.45, 7) is 5.73. The van der Waals surface area contributed by atoms with E-state index in [1.165, 1.54) is 11.3 Å². The van der Waals surface area contributed by atoms with Gasteiger partial charge in [0.2, 0.25) is 4.96 Å². The van der Waals surface area contributed by atoms with Crippen molar-refractivity contribution in [3.05, 3.63) is 63.9 Å². The van der Waals surface area contributed by atoms with E-state index in [9.17, 15) is 4.79 Å². The number of nitrogens with one attached hydrogen (secondary N) is 2. The molecule has 1 amide bonds. The normalized spacial score (nSPS) is 10.9. The van der Waals surface area contributed by atoms with Crippen LogP contribution >= 0.6 is 35.2 Å². The molecule has 2 aromatic heterocycles. The van der Waals surface area contributed by atoms with Gasteiger partial charge in [0.25, 0.3) is 5.91 Å². The molecule has 0 atom stereocenters. The monoisotopic (exact) mass is 456 g/mol. The van der Waals surface area contributed by atoms with Crippen molar-refractivity contribution < 1.29 is 4.79 Å². The maximum atomic E-state index is 12.4. The highest BCUT2D eigenvalue weighted by atomic mass is 35.5. The van der Waals surface area contributed by atoms with Crippen LogP contribution in [0, 0.1) is 20.8 Å². The molecule has 0 aliphatic rings. The molecule has 4 rings (SSSR count). The lowest BCUT2D eigenvalue weighted by Gasteiger charge is -2.13. The van der Waals surface area contributed by atoms with Crippen LogP contribution in [-0.4, -0.2) is 30.8 Å². The van der Waals surface area contributed by atoms with E-state index < -0.39 is 0 Å². The second-order valence-corrected chi connectivity index (χ2v) is 8.54. The number of carbonyl (C=O) groups excluding carboxylic acids is 1. The molecule has 2 aromatic carbocycles. The van der Waals surface area contributed by atoms with Crippen molar-refractivity contribution in [2.75, 3.05) is 5.32 Å². The van der Waals surface area contributed by atoms with Gasteiger partial charge in [-0.3, -0.25) is 10.1 Å². The largest absolute Gasteiger partial charge is 0.332 e. The van der Waals surface area contributed by atoms with Gasteiger partial charge < -0.3 is 5.32 Å². The molecular weight excluding hydrogens is 440 g/mol. The number of thiocarbonyl (C=S) groups is 1. The number of anilines is 1. The standard InChI is InChI=1S/C20H17ClN6OS2/c1-10-4-6-14(15(21)8-10)17(28)23-19(29)22-16-7-5-13(9-11(16)2)18-26-27-12(3)24-25-20(27)30-18/h4-9H,1-3H3,(H2,22,23,28,29). The Balaban J connectivity index is 1.47. The Morgan fingerprint density at radius 2 is 1.93 bits per heavy atom. The second kappa shape index (κ2) is 8.10. The molecule has 0 saturated carbocycles. The van der Waals surface area contributed by atoms with E-state index in [1.807, 2.05) is 45.0 Å². The Kier molecular flexibility index (Phi) is 5.50. The van der Waals surface area contributed by atoms with E-state index in [-0.39, 0.29) is 11.0 Å². The molecule has 7 nitrogen and oxygen atoms in total. The van der Waals surface area contributed by atoms with Gasteiger partial charge in [-0.15, -0.1) is 10.2 Å². The summed E-state index contributed by atoms with van der Waals surface area (Å²) in [4.78, 5) is 13.2. The minimum atomic E-state index is -0.359. The highest BCUT2D eigenvalue weighted by molar-refractivity contribution is 7.80. The van der Waals surface area contributed by atoms with E-state index in [4.69, 9.17) is 23.8 Å². The van der Waals surface area contributed by atoms with Crippen molar-refractivity contribution in [1.82, 2.24) is 25.1 Å². The summed E-state index contributed by atoms with van der Waals surface area (Å²) in [5.74, 6) is 0.388. The Labute approximate surface area is 187 Å². The Bertz CT molecular complexity index is 1300. The van der Waals surface area contributed by atoms with Gasteiger partial charge >= 0.3 is 0 Å². The van der Waals surface area contributed by atoms with Crippen molar-refractivity contribution in [3.63, 3.8) is 0 Å². The summed E-state index contributed by atoms with van der Waals surface area (Å²) in [6.07, 6.45) is 0. The van der Waals surface area contributed by atoms with Gasteiger partial charge in [0.1, 0.15) is 5.01 Å². The van der Waals surface area contributed by atoms with Gasteiger partial charge in [0, 0.05) is 11.3 Å². The number of rotatable bonds is 3. The number of benzene rings is 2. The first-order valence-corrected chi connectivity index (χ1v) is 10.6. The van der Waals surface area contributed by atoms with E-state index in [1.54, 1.807) is 16.6 Å². The minimum Gasteiger partial charge on any atom is -0.332 e. The van der Waals surface area contributed by atoms with Crippen molar-refractivity contribution in [3.8, 4) is 10.6 Å². The van der Waals surface area contributed by atoms with E-state index >= 15 is 0 Å². The van der Waals surface area contributed by atoms with Gasteiger partial charge in [0.15, 0.2) is 10.9 Å². The van der Waals surface area contributed by atoms with Crippen molar-refractivity contribution in [2.45, 2.75) is 20.8 Å². The molecule has 0 aliphatic heterocycles. The number of halogens is 1. The van der Waals surface area contributed by atoms with Crippen LogP contribution in [-0.2, 0) is 0 Å². The summed E-state index contributed by atoms with van der Waals surface area (Å²) in [5, 5.41) is 19.8. The van der Waals surface area contributed by atoms with Gasteiger partial charge in [-0.25, -0.2) is 0 Å². The number of aromatic nitrogens is 4. The van der Waals surface area contributed by atoms with Crippen LogP contribution in [0.4, 0.5) is 5.69 Å². The van der Waals surface area contributed by atoms with Crippen LogP contribution in [0.3, 0.4) is 0 Å². The van der Waals surface area contributed by atoms with Crippen LogP contribution in [0.15, 0.2) is 36.4 Å². The Morgan fingerprint density at radius 3 is 2.63 bits per heavy atom. The van der Waals surface area contributed by atoms with Gasteiger partial charge in [-0.2, -0.15) is 9.61 Å². The highest BCUT2D eigenvalue weighted by Gasteiger charge is 2.14. The molecule has 0 unspecified atom stereocenters. The molecule has 0 saturated heterocycles. The van der Waals surface area contributed by atoms with Crippen LogP contribution in [0.25, 0.3) is 15.5 Å². The number of carbonyl (C=O) groups is 1. The van der Waals surface area contributed by atoms with E-state index in [0.29, 0.717) is 10.6 Å².